The van der Waals surface area contributed by atoms with Gasteiger partial charge in [0.25, 0.3) is 0 Å². The maximum Gasteiger partial charge on any atom is 0.416 e. The van der Waals surface area contributed by atoms with Crippen LogP contribution in [0, 0.1) is 5.92 Å². The second-order valence-corrected chi connectivity index (χ2v) is 23.5. The SMILES string of the molecule is CC[Si](CC)(CC)CC[C@H](CC[Si](C)(C)C)N1CC[C@@H](CC(=O)O)C[C@H]1c1ccc(C(F)(F)F)cc1. The lowest BCUT2D eigenvalue weighted by atomic mass is 9.83. The van der Waals surface area contributed by atoms with E-state index in [4.69, 9.17) is 0 Å². The van der Waals surface area contributed by atoms with E-state index in [1.807, 2.05) is 0 Å². The Morgan fingerprint density at radius 3 is 2.06 bits per heavy atom. The van der Waals surface area contributed by atoms with Crippen LogP contribution in [0.25, 0.3) is 0 Å². The lowest BCUT2D eigenvalue weighted by Gasteiger charge is -2.45. The molecule has 3 atom stereocenters. The maximum atomic E-state index is 13.2. The summed E-state index contributed by atoms with van der Waals surface area (Å²) in [6, 6.07) is 12.4. The first-order valence-corrected chi connectivity index (χ1v) is 20.4. The van der Waals surface area contributed by atoms with Crippen LogP contribution in [0.4, 0.5) is 13.2 Å². The molecule has 1 aromatic rings. The number of carboxylic acids is 1. The minimum absolute atomic E-state index is 0.0297. The minimum Gasteiger partial charge on any atom is -0.481 e. The van der Waals surface area contributed by atoms with Crippen molar-refractivity contribution in [3.05, 3.63) is 35.4 Å². The van der Waals surface area contributed by atoms with Crippen LogP contribution in [0.15, 0.2) is 24.3 Å². The molecule has 1 heterocycles. The fraction of sp³-hybridized carbons (Fsp3) is 0.750. The molecule has 8 heteroatoms. The molecule has 0 bridgehead atoms. The summed E-state index contributed by atoms with van der Waals surface area (Å²) in [6.07, 6.45) is -0.429. The Morgan fingerprint density at radius 2 is 1.58 bits per heavy atom. The van der Waals surface area contributed by atoms with E-state index in [0.29, 0.717) is 12.5 Å². The number of hydrogen-bond acceptors (Lipinski definition) is 2. The van der Waals surface area contributed by atoms with Gasteiger partial charge in [-0.2, -0.15) is 13.2 Å². The number of piperidine rings is 1. The van der Waals surface area contributed by atoms with Gasteiger partial charge in [0.1, 0.15) is 0 Å². The quantitative estimate of drug-likeness (QED) is 0.252. The van der Waals surface area contributed by atoms with Crippen molar-refractivity contribution in [1.82, 2.24) is 4.90 Å². The normalized spacial score (nSPS) is 20.9. The summed E-state index contributed by atoms with van der Waals surface area (Å²) < 4.78 is 39.7. The summed E-state index contributed by atoms with van der Waals surface area (Å²) in [6.45, 7) is 15.1. The van der Waals surface area contributed by atoms with Crippen LogP contribution in [-0.2, 0) is 11.0 Å². The largest absolute Gasteiger partial charge is 0.481 e. The van der Waals surface area contributed by atoms with Crippen LogP contribution < -0.4 is 0 Å². The van der Waals surface area contributed by atoms with E-state index < -0.39 is 33.9 Å². The van der Waals surface area contributed by atoms with E-state index in [1.54, 1.807) is 12.1 Å². The molecule has 36 heavy (non-hydrogen) atoms. The highest BCUT2D eigenvalue weighted by Crippen LogP contribution is 2.41. The predicted octanol–water partition coefficient (Wildman–Crippen LogP) is 8.93. The number of halogens is 3. The third kappa shape index (κ3) is 9.01. The summed E-state index contributed by atoms with van der Waals surface area (Å²) >= 11 is 0. The summed E-state index contributed by atoms with van der Waals surface area (Å²) in [4.78, 5) is 14.0. The molecule has 1 aromatic carbocycles. The van der Waals surface area contributed by atoms with Gasteiger partial charge in [0.2, 0.25) is 0 Å². The van der Waals surface area contributed by atoms with Crippen LogP contribution in [0.1, 0.15) is 70.0 Å². The number of benzene rings is 1. The second-order valence-electron chi connectivity index (χ2n) is 12.2. The van der Waals surface area contributed by atoms with Gasteiger partial charge in [-0.1, -0.05) is 82.8 Å². The zero-order valence-corrected chi connectivity index (χ0v) is 25.3. The molecule has 1 aliphatic heterocycles. The summed E-state index contributed by atoms with van der Waals surface area (Å²) in [5, 5.41) is 9.42. The van der Waals surface area contributed by atoms with Crippen LogP contribution in [0.5, 0.6) is 0 Å². The number of carboxylic acid groups (broad SMARTS) is 1. The molecule has 1 N–H and O–H groups in total. The Hall–Kier alpha value is -1.13. The standard InChI is InChI=1S/C28H48F3NO2Si2/c1-7-36(8-2,9-3)19-16-25(15-18-35(4,5)6)32-17-14-22(21-27(33)34)20-26(32)23-10-12-24(13-11-23)28(29,30)31/h10-13,22,25-26H,7-9,14-21H2,1-6H3,(H,33,34)/t22-,25+,26+/m1/s1. The molecule has 0 unspecified atom stereocenters. The first-order valence-electron chi connectivity index (χ1n) is 13.9. The van der Waals surface area contributed by atoms with Gasteiger partial charge in [0, 0.05) is 26.6 Å². The molecule has 2 rings (SSSR count). The number of rotatable bonds is 13. The summed E-state index contributed by atoms with van der Waals surface area (Å²) in [5.74, 6) is -0.737. The smallest absolute Gasteiger partial charge is 0.416 e. The molecule has 0 amide bonds. The number of nitrogens with zero attached hydrogens (tertiary/aromatic N) is 1. The van der Waals surface area contributed by atoms with Gasteiger partial charge in [-0.25, -0.2) is 0 Å². The van der Waals surface area contributed by atoms with Crippen molar-refractivity contribution < 1.29 is 23.1 Å². The first-order chi connectivity index (χ1) is 16.7. The third-order valence-corrected chi connectivity index (χ3v) is 16.4. The van der Waals surface area contributed by atoms with Crippen molar-refractivity contribution in [2.75, 3.05) is 6.54 Å². The average Bonchev–Trinajstić information content (AvgIpc) is 2.81. The van der Waals surface area contributed by atoms with Gasteiger partial charge in [0.05, 0.1) is 13.6 Å². The zero-order valence-electron chi connectivity index (χ0n) is 23.3. The van der Waals surface area contributed by atoms with E-state index in [2.05, 4.69) is 45.3 Å². The third-order valence-electron chi connectivity index (χ3n) is 8.79. The lowest BCUT2D eigenvalue weighted by molar-refractivity contribution is -0.139. The zero-order chi connectivity index (χ0) is 27.1. The van der Waals surface area contributed by atoms with Gasteiger partial charge in [-0.05, 0) is 55.8 Å². The van der Waals surface area contributed by atoms with Gasteiger partial charge in [-0.15, -0.1) is 0 Å². The van der Waals surface area contributed by atoms with Crippen LogP contribution in [0.2, 0.25) is 49.9 Å². The van der Waals surface area contributed by atoms with E-state index in [9.17, 15) is 23.1 Å². The summed E-state index contributed by atoms with van der Waals surface area (Å²) in [7, 11) is -2.57. The maximum absolute atomic E-state index is 13.2. The Labute approximate surface area is 218 Å². The van der Waals surface area contributed by atoms with Crippen molar-refractivity contribution >= 4 is 22.1 Å². The molecule has 1 saturated heterocycles. The molecular formula is C28H48F3NO2Si2. The fourth-order valence-electron chi connectivity index (χ4n) is 5.98. The fourth-order valence-corrected chi connectivity index (χ4v) is 10.7. The topological polar surface area (TPSA) is 40.5 Å². The number of alkyl halides is 3. The Bertz CT molecular complexity index is 811. The molecule has 1 fully saturated rings. The van der Waals surface area contributed by atoms with Gasteiger partial charge >= 0.3 is 12.1 Å². The van der Waals surface area contributed by atoms with Crippen molar-refractivity contribution in [3.63, 3.8) is 0 Å². The van der Waals surface area contributed by atoms with E-state index >= 15 is 0 Å². The second kappa shape index (κ2) is 13.1. The van der Waals surface area contributed by atoms with Gasteiger partial charge < -0.3 is 5.11 Å². The molecule has 1 aliphatic rings. The Balaban J connectivity index is 2.39. The molecule has 206 valence electrons. The number of carbonyl (C=O) groups is 1. The van der Waals surface area contributed by atoms with Crippen molar-refractivity contribution in [3.8, 4) is 0 Å². The van der Waals surface area contributed by atoms with Gasteiger partial charge in [-0.3, -0.25) is 9.69 Å². The van der Waals surface area contributed by atoms with Crippen LogP contribution in [0.3, 0.4) is 0 Å². The highest BCUT2D eigenvalue weighted by atomic mass is 28.3. The molecule has 0 spiro atoms. The first kappa shape index (κ1) is 31.1. The molecule has 0 saturated carbocycles. The van der Waals surface area contributed by atoms with Crippen molar-refractivity contribution in [1.29, 1.82) is 0 Å². The highest BCUT2D eigenvalue weighted by molar-refractivity contribution is 6.79. The number of aliphatic carboxylic acids is 1. The van der Waals surface area contributed by atoms with E-state index in [-0.39, 0.29) is 18.4 Å². The molecular weight excluding hydrogens is 495 g/mol. The van der Waals surface area contributed by atoms with E-state index in [0.717, 1.165) is 31.4 Å². The van der Waals surface area contributed by atoms with Crippen molar-refractivity contribution in [2.24, 2.45) is 5.92 Å². The summed E-state index contributed by atoms with van der Waals surface area (Å²) in [5.41, 5.74) is 0.261. The molecule has 0 aliphatic carbocycles. The highest BCUT2D eigenvalue weighted by Gasteiger charge is 2.37. The number of likely N-dealkylation sites (tertiary alicyclic amines) is 1. The van der Waals surface area contributed by atoms with Crippen LogP contribution >= 0.6 is 0 Å². The number of hydrogen-bond donors (Lipinski definition) is 1. The minimum atomic E-state index is -4.36. The molecule has 3 nitrogen and oxygen atoms in total. The molecule has 0 aromatic heterocycles. The predicted molar refractivity (Wildman–Crippen MR) is 149 cm³/mol. The Kier molecular flexibility index (Phi) is 11.3. The monoisotopic (exact) mass is 543 g/mol. The Morgan fingerprint density at radius 1 is 1.03 bits per heavy atom. The van der Waals surface area contributed by atoms with Gasteiger partial charge in [0.15, 0.2) is 0 Å². The van der Waals surface area contributed by atoms with Crippen LogP contribution in [-0.4, -0.2) is 44.7 Å². The lowest BCUT2D eigenvalue weighted by Crippen LogP contribution is -2.46. The molecule has 0 radical (unpaired) electrons. The van der Waals surface area contributed by atoms with Crippen molar-refractivity contribution in [2.45, 2.75) is 121 Å². The van der Waals surface area contributed by atoms with E-state index in [1.165, 1.54) is 42.4 Å². The average molecular weight is 544 g/mol.